The summed E-state index contributed by atoms with van der Waals surface area (Å²) in [5.74, 6) is -0.0736. The van der Waals surface area contributed by atoms with E-state index in [4.69, 9.17) is 44.9 Å². The first-order valence-corrected chi connectivity index (χ1v) is 12.5. The Hall–Kier alpha value is -2.92. The van der Waals surface area contributed by atoms with Gasteiger partial charge in [0.15, 0.2) is 0 Å². The Morgan fingerprint density at radius 2 is 1.69 bits per heavy atom. The fraction of sp³-hybridized carbons (Fsp3) is 0.179. The van der Waals surface area contributed by atoms with Gasteiger partial charge in [0.1, 0.15) is 0 Å². The average molecular weight is 523 g/mol. The van der Waals surface area contributed by atoms with E-state index in [0.717, 1.165) is 44.6 Å². The number of amides is 1. The van der Waals surface area contributed by atoms with Crippen molar-refractivity contribution in [2.45, 2.75) is 32.7 Å². The lowest BCUT2D eigenvalue weighted by Gasteiger charge is -2.22. The van der Waals surface area contributed by atoms with Crippen molar-refractivity contribution in [2.24, 2.45) is 5.10 Å². The van der Waals surface area contributed by atoms with Gasteiger partial charge in [-0.2, -0.15) is 5.10 Å². The molecule has 0 fully saturated rings. The zero-order chi connectivity index (χ0) is 24.7. The summed E-state index contributed by atoms with van der Waals surface area (Å²) in [6, 6.07) is 20.9. The van der Waals surface area contributed by atoms with Crippen LogP contribution in [-0.2, 0) is 4.79 Å². The minimum atomic E-state index is -0.328. The van der Waals surface area contributed by atoms with Crippen LogP contribution in [0.15, 0.2) is 71.8 Å². The number of hydrogen-bond acceptors (Lipinski definition) is 3. The second-order valence-electron chi connectivity index (χ2n) is 8.50. The Balaban J connectivity index is 1.72. The first kappa shape index (κ1) is 23.8. The van der Waals surface area contributed by atoms with Crippen molar-refractivity contribution in [3.05, 3.63) is 98.6 Å². The molecule has 176 valence electrons. The van der Waals surface area contributed by atoms with E-state index in [9.17, 15) is 4.79 Å². The number of benzene rings is 3. The van der Waals surface area contributed by atoms with E-state index in [1.165, 1.54) is 0 Å². The molecule has 0 unspecified atom stereocenters. The molecule has 1 aliphatic rings. The van der Waals surface area contributed by atoms with E-state index in [0.29, 0.717) is 27.9 Å². The molecule has 7 heteroatoms. The molecule has 0 saturated carbocycles. The molecule has 1 amide bonds. The first-order chi connectivity index (χ1) is 16.9. The standard InChI is InChI=1S/C28H22Cl3N3O/c1-3-26(35)34-25(20-13-12-19(30)14-22(20)31)15-24(33-34)27-16(2)32-23-7-5-4-6-21(23)28(27)17-8-10-18(29)11-9-17/h4-14,25H,3,15H2,1-2H3/t25-/m1/s1. The predicted octanol–water partition coefficient (Wildman–Crippen LogP) is 8.26. The number of carbonyl (C=O) groups excluding carboxylic acids is 1. The largest absolute Gasteiger partial charge is 0.273 e. The molecule has 2 heterocycles. The predicted molar refractivity (Wildman–Crippen MR) is 144 cm³/mol. The van der Waals surface area contributed by atoms with Crippen LogP contribution in [0.1, 0.15) is 42.6 Å². The van der Waals surface area contributed by atoms with Crippen molar-refractivity contribution in [1.82, 2.24) is 9.99 Å². The minimum Gasteiger partial charge on any atom is -0.273 e. The highest BCUT2D eigenvalue weighted by Gasteiger charge is 2.35. The fourth-order valence-electron chi connectivity index (χ4n) is 4.67. The number of hydrogen-bond donors (Lipinski definition) is 0. The molecule has 0 bridgehead atoms. The summed E-state index contributed by atoms with van der Waals surface area (Å²) < 4.78 is 0. The van der Waals surface area contributed by atoms with Crippen LogP contribution >= 0.6 is 34.8 Å². The number of aryl methyl sites for hydroxylation is 1. The second kappa shape index (κ2) is 9.62. The summed E-state index contributed by atoms with van der Waals surface area (Å²) >= 11 is 18.9. The molecule has 0 aliphatic carbocycles. The van der Waals surface area contributed by atoms with E-state index < -0.39 is 0 Å². The molecule has 1 aromatic heterocycles. The molecule has 3 aromatic carbocycles. The van der Waals surface area contributed by atoms with Crippen molar-refractivity contribution in [3.8, 4) is 11.1 Å². The van der Waals surface area contributed by atoms with Gasteiger partial charge in [0.25, 0.3) is 0 Å². The van der Waals surface area contributed by atoms with Crippen molar-refractivity contribution in [1.29, 1.82) is 0 Å². The van der Waals surface area contributed by atoms with E-state index in [1.54, 1.807) is 17.1 Å². The zero-order valence-electron chi connectivity index (χ0n) is 19.2. The summed E-state index contributed by atoms with van der Waals surface area (Å²) in [6.07, 6.45) is 0.839. The SMILES string of the molecule is CCC(=O)N1N=C(c2c(C)nc3ccccc3c2-c2ccc(Cl)cc2)C[C@@H]1c1ccc(Cl)cc1Cl. The van der Waals surface area contributed by atoms with E-state index in [1.807, 2.05) is 62.4 Å². The van der Waals surface area contributed by atoms with Crippen LogP contribution in [0.4, 0.5) is 0 Å². The topological polar surface area (TPSA) is 45.6 Å². The third kappa shape index (κ3) is 4.42. The molecular weight excluding hydrogens is 501 g/mol. The summed E-state index contributed by atoms with van der Waals surface area (Å²) in [6.45, 7) is 3.82. The monoisotopic (exact) mass is 521 g/mol. The van der Waals surface area contributed by atoms with Crippen LogP contribution in [0.2, 0.25) is 15.1 Å². The van der Waals surface area contributed by atoms with Crippen molar-refractivity contribution in [2.75, 3.05) is 0 Å². The molecule has 1 aliphatic heterocycles. The van der Waals surface area contributed by atoms with Gasteiger partial charge < -0.3 is 0 Å². The number of aromatic nitrogens is 1. The van der Waals surface area contributed by atoms with E-state index in [2.05, 4.69) is 6.07 Å². The van der Waals surface area contributed by atoms with Crippen LogP contribution in [-0.4, -0.2) is 21.6 Å². The van der Waals surface area contributed by atoms with Crippen LogP contribution in [0, 0.1) is 6.92 Å². The van der Waals surface area contributed by atoms with Gasteiger partial charge in [0.2, 0.25) is 5.91 Å². The molecule has 1 atom stereocenters. The maximum absolute atomic E-state index is 13.0. The molecule has 0 spiro atoms. The number of rotatable bonds is 4. The lowest BCUT2D eigenvalue weighted by atomic mass is 9.89. The molecule has 35 heavy (non-hydrogen) atoms. The Morgan fingerprint density at radius 3 is 2.40 bits per heavy atom. The third-order valence-corrected chi connectivity index (χ3v) is 7.10. The second-order valence-corrected chi connectivity index (χ2v) is 9.78. The highest BCUT2D eigenvalue weighted by Crippen LogP contribution is 2.41. The Bertz CT molecular complexity index is 1480. The van der Waals surface area contributed by atoms with Gasteiger partial charge in [-0.15, -0.1) is 0 Å². The van der Waals surface area contributed by atoms with Crippen molar-refractivity contribution < 1.29 is 4.79 Å². The number of nitrogens with zero attached hydrogens (tertiary/aromatic N) is 3. The van der Waals surface area contributed by atoms with Gasteiger partial charge in [0.05, 0.1) is 17.3 Å². The highest BCUT2D eigenvalue weighted by atomic mass is 35.5. The van der Waals surface area contributed by atoms with Gasteiger partial charge in [0, 0.05) is 50.1 Å². The highest BCUT2D eigenvalue weighted by molar-refractivity contribution is 6.35. The van der Waals surface area contributed by atoms with Gasteiger partial charge in [-0.1, -0.05) is 78.1 Å². The van der Waals surface area contributed by atoms with Crippen LogP contribution in [0.5, 0.6) is 0 Å². The lowest BCUT2D eigenvalue weighted by Crippen LogP contribution is -2.26. The summed E-state index contributed by atoms with van der Waals surface area (Å²) in [5, 5.41) is 9.17. The molecule has 5 rings (SSSR count). The number of fused-ring (bicyclic) bond motifs is 1. The number of para-hydroxylation sites is 1. The maximum atomic E-state index is 13.0. The molecule has 0 radical (unpaired) electrons. The molecular formula is C28H22Cl3N3O. The minimum absolute atomic E-state index is 0.0736. The normalized spacial score (nSPS) is 15.5. The Kier molecular flexibility index (Phi) is 6.54. The Labute approximate surface area is 219 Å². The van der Waals surface area contributed by atoms with Crippen molar-refractivity contribution >= 4 is 57.3 Å². The van der Waals surface area contributed by atoms with Gasteiger partial charge >= 0.3 is 0 Å². The number of carbonyl (C=O) groups is 1. The van der Waals surface area contributed by atoms with Crippen molar-refractivity contribution in [3.63, 3.8) is 0 Å². The lowest BCUT2D eigenvalue weighted by molar-refractivity contribution is -0.132. The van der Waals surface area contributed by atoms with Gasteiger partial charge in [-0.3, -0.25) is 9.78 Å². The third-order valence-electron chi connectivity index (χ3n) is 6.28. The number of pyridine rings is 1. The first-order valence-electron chi connectivity index (χ1n) is 11.4. The van der Waals surface area contributed by atoms with E-state index in [-0.39, 0.29) is 11.9 Å². The van der Waals surface area contributed by atoms with Gasteiger partial charge in [-0.05, 0) is 48.4 Å². The van der Waals surface area contributed by atoms with E-state index >= 15 is 0 Å². The number of halogens is 3. The molecule has 4 nitrogen and oxygen atoms in total. The molecule has 0 N–H and O–H groups in total. The summed E-state index contributed by atoms with van der Waals surface area (Å²) in [5.41, 5.74) is 6.31. The quantitative estimate of drug-likeness (QED) is 0.271. The van der Waals surface area contributed by atoms with Crippen LogP contribution < -0.4 is 0 Å². The van der Waals surface area contributed by atoms with Gasteiger partial charge in [-0.25, -0.2) is 5.01 Å². The summed E-state index contributed by atoms with van der Waals surface area (Å²) in [4.78, 5) is 17.8. The molecule has 0 saturated heterocycles. The van der Waals surface area contributed by atoms with Crippen LogP contribution in [0.3, 0.4) is 0 Å². The summed E-state index contributed by atoms with van der Waals surface area (Å²) in [7, 11) is 0. The Morgan fingerprint density at radius 1 is 0.971 bits per heavy atom. The fourth-order valence-corrected chi connectivity index (χ4v) is 5.33. The maximum Gasteiger partial charge on any atom is 0.242 e. The number of hydrazone groups is 1. The van der Waals surface area contributed by atoms with Crippen LogP contribution in [0.25, 0.3) is 22.0 Å². The smallest absolute Gasteiger partial charge is 0.242 e. The average Bonchev–Trinajstić information content (AvgIpc) is 3.28. The molecule has 4 aromatic rings. The zero-order valence-corrected chi connectivity index (χ0v) is 21.5.